The summed E-state index contributed by atoms with van der Waals surface area (Å²) < 4.78 is 9.20. The standard InChI is InChI=1S/C7H10O3/c1-4-7(8)10-6(3)9-5-2/h4H,1,3,5H2,2H3. The molecule has 0 aromatic rings. The smallest absolute Gasteiger partial charge is 0.337 e. The van der Waals surface area contributed by atoms with Gasteiger partial charge in [0.05, 0.1) is 6.61 Å². The second kappa shape index (κ2) is 4.61. The van der Waals surface area contributed by atoms with Crippen LogP contribution >= 0.6 is 0 Å². The van der Waals surface area contributed by atoms with Crippen LogP contribution < -0.4 is 0 Å². The van der Waals surface area contributed by atoms with Crippen molar-refractivity contribution >= 4 is 5.97 Å². The Morgan fingerprint density at radius 2 is 2.30 bits per heavy atom. The highest BCUT2D eigenvalue weighted by Crippen LogP contribution is 1.95. The van der Waals surface area contributed by atoms with E-state index >= 15 is 0 Å². The minimum Gasteiger partial charge on any atom is -0.466 e. The maximum absolute atomic E-state index is 10.4. The molecule has 0 aliphatic heterocycles. The van der Waals surface area contributed by atoms with Gasteiger partial charge in [0.15, 0.2) is 0 Å². The van der Waals surface area contributed by atoms with E-state index in [1.54, 1.807) is 6.92 Å². The lowest BCUT2D eigenvalue weighted by Gasteiger charge is -2.03. The molecule has 0 unspecified atom stereocenters. The van der Waals surface area contributed by atoms with Crippen molar-refractivity contribution in [1.82, 2.24) is 0 Å². The third-order valence-electron chi connectivity index (χ3n) is 0.686. The molecule has 0 heterocycles. The highest BCUT2D eigenvalue weighted by atomic mass is 16.7. The van der Waals surface area contributed by atoms with E-state index in [9.17, 15) is 4.79 Å². The van der Waals surface area contributed by atoms with Gasteiger partial charge in [-0.15, -0.1) is 0 Å². The summed E-state index contributed by atoms with van der Waals surface area (Å²) in [6.07, 6.45) is 1.05. The van der Waals surface area contributed by atoms with Gasteiger partial charge in [-0.1, -0.05) is 6.58 Å². The van der Waals surface area contributed by atoms with E-state index in [1.807, 2.05) is 0 Å². The second-order valence-corrected chi connectivity index (χ2v) is 1.43. The molecule has 0 fully saturated rings. The normalized spacial score (nSPS) is 8.10. The lowest BCUT2D eigenvalue weighted by atomic mass is 10.7. The van der Waals surface area contributed by atoms with Gasteiger partial charge >= 0.3 is 5.97 Å². The van der Waals surface area contributed by atoms with Crippen molar-refractivity contribution < 1.29 is 14.3 Å². The number of carbonyl (C=O) groups is 1. The monoisotopic (exact) mass is 142 g/mol. The molecule has 0 spiro atoms. The molecule has 0 saturated carbocycles. The number of rotatable bonds is 4. The Morgan fingerprint density at radius 1 is 1.70 bits per heavy atom. The zero-order valence-electron chi connectivity index (χ0n) is 5.92. The summed E-state index contributed by atoms with van der Waals surface area (Å²) in [5.74, 6) is -0.550. The van der Waals surface area contributed by atoms with Crippen molar-refractivity contribution in [2.24, 2.45) is 0 Å². The van der Waals surface area contributed by atoms with E-state index in [2.05, 4.69) is 17.9 Å². The average molecular weight is 142 g/mol. The van der Waals surface area contributed by atoms with Crippen LogP contribution in [0.4, 0.5) is 0 Å². The van der Waals surface area contributed by atoms with Crippen molar-refractivity contribution in [3.63, 3.8) is 0 Å². The number of ether oxygens (including phenoxy) is 2. The van der Waals surface area contributed by atoms with E-state index in [-0.39, 0.29) is 5.95 Å². The molecule has 10 heavy (non-hydrogen) atoms. The molecular formula is C7H10O3. The van der Waals surface area contributed by atoms with Crippen LogP contribution in [0.1, 0.15) is 6.92 Å². The molecule has 56 valence electrons. The maximum atomic E-state index is 10.4. The lowest BCUT2D eigenvalue weighted by molar-refractivity contribution is -0.138. The third-order valence-corrected chi connectivity index (χ3v) is 0.686. The summed E-state index contributed by atoms with van der Waals surface area (Å²) in [6.45, 7) is 8.73. The van der Waals surface area contributed by atoms with E-state index in [1.165, 1.54) is 0 Å². The van der Waals surface area contributed by atoms with Gasteiger partial charge in [-0.25, -0.2) is 4.79 Å². The first-order valence-corrected chi connectivity index (χ1v) is 2.86. The minimum absolute atomic E-state index is 0.00685. The van der Waals surface area contributed by atoms with E-state index in [0.29, 0.717) is 6.61 Å². The summed E-state index contributed by atoms with van der Waals surface area (Å²) in [4.78, 5) is 10.4. The summed E-state index contributed by atoms with van der Waals surface area (Å²) in [6, 6.07) is 0. The zero-order chi connectivity index (χ0) is 7.98. The highest BCUT2D eigenvalue weighted by Gasteiger charge is 1.98. The van der Waals surface area contributed by atoms with Crippen molar-refractivity contribution in [2.45, 2.75) is 6.92 Å². The SMILES string of the molecule is C=CC(=O)OC(=C)OCC. The summed E-state index contributed by atoms with van der Waals surface area (Å²) in [7, 11) is 0. The van der Waals surface area contributed by atoms with Crippen LogP contribution in [0.5, 0.6) is 0 Å². The summed E-state index contributed by atoms with van der Waals surface area (Å²) in [5.41, 5.74) is 0. The Labute approximate surface area is 59.9 Å². The Bertz CT molecular complexity index is 149. The van der Waals surface area contributed by atoms with Gasteiger partial charge in [0.1, 0.15) is 0 Å². The molecule has 0 rings (SSSR count). The van der Waals surface area contributed by atoms with Crippen LogP contribution in [0.15, 0.2) is 25.2 Å². The Balaban J connectivity index is 3.57. The predicted octanol–water partition coefficient (Wildman–Crippen LogP) is 1.22. The van der Waals surface area contributed by atoms with Crippen molar-refractivity contribution in [2.75, 3.05) is 6.61 Å². The fraction of sp³-hybridized carbons (Fsp3) is 0.286. The van der Waals surface area contributed by atoms with Crippen LogP contribution in [0, 0.1) is 0 Å². The van der Waals surface area contributed by atoms with Gasteiger partial charge in [0.2, 0.25) is 0 Å². The molecule has 3 heteroatoms. The van der Waals surface area contributed by atoms with Gasteiger partial charge in [-0.2, -0.15) is 0 Å². The number of esters is 1. The van der Waals surface area contributed by atoms with Gasteiger partial charge in [-0.3, -0.25) is 0 Å². The quantitative estimate of drug-likeness (QED) is 0.336. The van der Waals surface area contributed by atoms with Gasteiger partial charge in [-0.05, 0) is 13.5 Å². The topological polar surface area (TPSA) is 35.5 Å². The average Bonchev–Trinajstić information content (AvgIpc) is 1.88. The number of carbonyl (C=O) groups excluding carboxylic acids is 1. The van der Waals surface area contributed by atoms with Crippen LogP contribution in [-0.4, -0.2) is 12.6 Å². The lowest BCUT2D eigenvalue weighted by Crippen LogP contribution is -2.01. The van der Waals surface area contributed by atoms with E-state index < -0.39 is 5.97 Å². The van der Waals surface area contributed by atoms with E-state index in [0.717, 1.165) is 6.08 Å². The first kappa shape index (κ1) is 8.75. The molecule has 0 bridgehead atoms. The minimum atomic E-state index is -0.557. The van der Waals surface area contributed by atoms with Crippen molar-refractivity contribution in [3.8, 4) is 0 Å². The molecule has 0 aromatic carbocycles. The van der Waals surface area contributed by atoms with Crippen molar-refractivity contribution in [3.05, 3.63) is 25.2 Å². The van der Waals surface area contributed by atoms with Crippen LogP contribution in [-0.2, 0) is 14.3 Å². The van der Waals surface area contributed by atoms with Crippen LogP contribution in [0.2, 0.25) is 0 Å². The zero-order valence-corrected chi connectivity index (χ0v) is 5.92. The first-order valence-electron chi connectivity index (χ1n) is 2.86. The Morgan fingerprint density at radius 3 is 2.70 bits per heavy atom. The molecule has 0 saturated heterocycles. The third kappa shape index (κ3) is 3.72. The van der Waals surface area contributed by atoms with Gasteiger partial charge < -0.3 is 9.47 Å². The molecule has 0 amide bonds. The van der Waals surface area contributed by atoms with E-state index in [4.69, 9.17) is 4.74 Å². The highest BCUT2D eigenvalue weighted by molar-refractivity contribution is 5.81. The van der Waals surface area contributed by atoms with Crippen LogP contribution in [0.3, 0.4) is 0 Å². The largest absolute Gasteiger partial charge is 0.466 e. The maximum Gasteiger partial charge on any atom is 0.337 e. The fourth-order valence-electron chi connectivity index (χ4n) is 0.344. The van der Waals surface area contributed by atoms with Gasteiger partial charge in [0.25, 0.3) is 5.95 Å². The summed E-state index contributed by atoms with van der Waals surface area (Å²) >= 11 is 0. The molecule has 0 atom stereocenters. The molecule has 3 nitrogen and oxygen atoms in total. The predicted molar refractivity (Wildman–Crippen MR) is 37.1 cm³/mol. The number of hydrogen-bond donors (Lipinski definition) is 0. The molecule has 0 aromatic heterocycles. The van der Waals surface area contributed by atoms with Crippen molar-refractivity contribution in [1.29, 1.82) is 0 Å². The molecule has 0 radical (unpaired) electrons. The second-order valence-electron chi connectivity index (χ2n) is 1.43. The number of hydrogen-bond acceptors (Lipinski definition) is 3. The Hall–Kier alpha value is -1.25. The summed E-state index contributed by atoms with van der Waals surface area (Å²) in [5, 5.41) is 0. The first-order chi connectivity index (χ1) is 4.70. The molecule has 0 aliphatic carbocycles. The molecular weight excluding hydrogens is 132 g/mol. The van der Waals surface area contributed by atoms with Gasteiger partial charge in [0, 0.05) is 6.08 Å². The molecule has 0 aliphatic rings. The Kier molecular flexibility index (Phi) is 4.04. The van der Waals surface area contributed by atoms with Crippen LogP contribution in [0.25, 0.3) is 0 Å². The molecule has 0 N–H and O–H groups in total. The fourth-order valence-corrected chi connectivity index (χ4v) is 0.344.